The van der Waals surface area contributed by atoms with Crippen LogP contribution in [0.4, 0.5) is 17.3 Å². The number of anilines is 3. The van der Waals surface area contributed by atoms with E-state index in [1.165, 1.54) is 0 Å². The number of ether oxygens (including phenoxy) is 1. The first kappa shape index (κ1) is 13.3. The molecule has 0 bridgehead atoms. The van der Waals surface area contributed by atoms with Gasteiger partial charge in [0.15, 0.2) is 5.82 Å². The minimum absolute atomic E-state index is 0.412. The van der Waals surface area contributed by atoms with Crippen LogP contribution >= 0.6 is 0 Å². The fourth-order valence-electron chi connectivity index (χ4n) is 1.62. The number of rotatable bonds is 6. The third-order valence-corrected chi connectivity index (χ3v) is 2.51. The van der Waals surface area contributed by atoms with E-state index >= 15 is 0 Å². The molecule has 5 nitrogen and oxygen atoms in total. The average Bonchev–Trinajstić information content (AvgIpc) is 2.46. The summed E-state index contributed by atoms with van der Waals surface area (Å²) < 4.78 is 5.34. The third kappa shape index (κ3) is 3.93. The predicted molar refractivity (Wildman–Crippen MR) is 76.6 cm³/mol. The van der Waals surface area contributed by atoms with Crippen molar-refractivity contribution in [3.8, 4) is 0 Å². The first-order valence-corrected chi connectivity index (χ1v) is 6.27. The average molecular weight is 258 g/mol. The molecule has 2 N–H and O–H groups in total. The van der Waals surface area contributed by atoms with Gasteiger partial charge in [0.1, 0.15) is 18.2 Å². The summed E-state index contributed by atoms with van der Waals surface area (Å²) in [5.74, 6) is 2.18. The molecule has 0 saturated heterocycles. The number of hydrogen-bond donors (Lipinski definition) is 2. The first-order chi connectivity index (χ1) is 9.31. The smallest absolute Gasteiger partial charge is 0.158 e. The number of nitrogens with zero attached hydrogens (tertiary/aromatic N) is 2. The molecule has 0 aliphatic heterocycles. The number of para-hydroxylation sites is 1. The van der Waals surface area contributed by atoms with Gasteiger partial charge in [-0.25, -0.2) is 9.97 Å². The van der Waals surface area contributed by atoms with Crippen LogP contribution in [0.25, 0.3) is 0 Å². The summed E-state index contributed by atoms with van der Waals surface area (Å²) in [7, 11) is 1.83. The molecule has 19 heavy (non-hydrogen) atoms. The van der Waals surface area contributed by atoms with Gasteiger partial charge in [-0.2, -0.15) is 0 Å². The summed E-state index contributed by atoms with van der Waals surface area (Å²) in [4.78, 5) is 8.77. The minimum Gasteiger partial charge on any atom is -0.374 e. The Bertz CT molecular complexity index is 516. The molecule has 0 spiro atoms. The van der Waals surface area contributed by atoms with E-state index in [0.29, 0.717) is 19.0 Å². The molecule has 0 atom stereocenters. The van der Waals surface area contributed by atoms with Gasteiger partial charge in [0.25, 0.3) is 0 Å². The number of benzene rings is 1. The van der Waals surface area contributed by atoms with Gasteiger partial charge >= 0.3 is 0 Å². The second kappa shape index (κ2) is 6.70. The van der Waals surface area contributed by atoms with Crippen molar-refractivity contribution in [2.24, 2.45) is 0 Å². The van der Waals surface area contributed by atoms with Crippen molar-refractivity contribution < 1.29 is 4.74 Å². The largest absolute Gasteiger partial charge is 0.374 e. The number of nitrogens with one attached hydrogen (secondary N) is 2. The van der Waals surface area contributed by atoms with Gasteiger partial charge in [0.2, 0.25) is 0 Å². The topological polar surface area (TPSA) is 59.1 Å². The zero-order valence-electron chi connectivity index (χ0n) is 11.2. The van der Waals surface area contributed by atoms with Crippen molar-refractivity contribution in [1.82, 2.24) is 9.97 Å². The van der Waals surface area contributed by atoms with E-state index in [0.717, 1.165) is 17.3 Å². The maximum absolute atomic E-state index is 5.34. The molecule has 0 amide bonds. The molecule has 2 rings (SSSR count). The van der Waals surface area contributed by atoms with Crippen LogP contribution in [0.5, 0.6) is 0 Å². The number of aromatic nitrogens is 2. The highest BCUT2D eigenvalue weighted by atomic mass is 16.5. The third-order valence-electron chi connectivity index (χ3n) is 2.51. The van der Waals surface area contributed by atoms with E-state index in [1.807, 2.05) is 50.4 Å². The van der Waals surface area contributed by atoms with Crippen LogP contribution in [0.2, 0.25) is 0 Å². The Morgan fingerprint density at radius 2 is 1.84 bits per heavy atom. The summed E-state index contributed by atoms with van der Waals surface area (Å²) in [6, 6.07) is 11.8. The summed E-state index contributed by atoms with van der Waals surface area (Å²) >= 11 is 0. The molecule has 5 heteroatoms. The summed E-state index contributed by atoms with van der Waals surface area (Å²) in [6.45, 7) is 3.01. The van der Waals surface area contributed by atoms with Crippen molar-refractivity contribution >= 4 is 17.3 Å². The Morgan fingerprint density at radius 1 is 1.11 bits per heavy atom. The first-order valence-electron chi connectivity index (χ1n) is 6.27. The van der Waals surface area contributed by atoms with Gasteiger partial charge in [-0.15, -0.1) is 0 Å². The van der Waals surface area contributed by atoms with Crippen molar-refractivity contribution in [1.29, 1.82) is 0 Å². The van der Waals surface area contributed by atoms with Gasteiger partial charge < -0.3 is 15.4 Å². The maximum Gasteiger partial charge on any atom is 0.158 e. The second-order valence-corrected chi connectivity index (χ2v) is 3.93. The van der Waals surface area contributed by atoms with Crippen LogP contribution in [0.1, 0.15) is 12.7 Å². The van der Waals surface area contributed by atoms with Gasteiger partial charge in [0, 0.05) is 25.4 Å². The van der Waals surface area contributed by atoms with Crippen molar-refractivity contribution in [2.75, 3.05) is 24.3 Å². The Hall–Kier alpha value is -2.14. The highest BCUT2D eigenvalue weighted by Crippen LogP contribution is 2.17. The Morgan fingerprint density at radius 3 is 2.53 bits per heavy atom. The molecule has 2 aromatic rings. The van der Waals surface area contributed by atoms with Gasteiger partial charge in [-0.3, -0.25) is 0 Å². The Labute approximate surface area is 113 Å². The molecule has 0 aliphatic carbocycles. The molecule has 0 unspecified atom stereocenters. The van der Waals surface area contributed by atoms with Gasteiger partial charge in [0.05, 0.1) is 0 Å². The lowest BCUT2D eigenvalue weighted by molar-refractivity contribution is 0.128. The lowest BCUT2D eigenvalue weighted by Gasteiger charge is -2.09. The monoisotopic (exact) mass is 258 g/mol. The van der Waals surface area contributed by atoms with E-state index in [9.17, 15) is 0 Å². The fourth-order valence-corrected chi connectivity index (χ4v) is 1.62. The molecule has 1 aromatic heterocycles. The van der Waals surface area contributed by atoms with E-state index in [-0.39, 0.29) is 0 Å². The molecule has 1 aromatic carbocycles. The van der Waals surface area contributed by atoms with Crippen LogP contribution in [0.15, 0.2) is 36.4 Å². The highest BCUT2D eigenvalue weighted by Gasteiger charge is 2.04. The van der Waals surface area contributed by atoms with Crippen LogP contribution in [-0.4, -0.2) is 23.6 Å². The molecule has 0 radical (unpaired) electrons. The van der Waals surface area contributed by atoms with Crippen molar-refractivity contribution in [3.63, 3.8) is 0 Å². The minimum atomic E-state index is 0.412. The van der Waals surface area contributed by atoms with Gasteiger partial charge in [-0.1, -0.05) is 18.2 Å². The summed E-state index contributed by atoms with van der Waals surface area (Å²) in [5, 5.41) is 6.27. The number of hydrogen-bond acceptors (Lipinski definition) is 5. The van der Waals surface area contributed by atoms with Crippen molar-refractivity contribution in [2.45, 2.75) is 13.5 Å². The van der Waals surface area contributed by atoms with Crippen LogP contribution in [0, 0.1) is 0 Å². The van der Waals surface area contributed by atoms with E-state index in [2.05, 4.69) is 20.6 Å². The maximum atomic E-state index is 5.34. The van der Waals surface area contributed by atoms with Crippen LogP contribution in [-0.2, 0) is 11.3 Å². The van der Waals surface area contributed by atoms with E-state index in [4.69, 9.17) is 4.74 Å². The zero-order chi connectivity index (χ0) is 13.5. The lowest BCUT2D eigenvalue weighted by atomic mass is 10.3. The predicted octanol–water partition coefficient (Wildman–Crippen LogP) is 2.80. The molecule has 1 heterocycles. The Kier molecular flexibility index (Phi) is 4.69. The van der Waals surface area contributed by atoms with Crippen molar-refractivity contribution in [3.05, 3.63) is 42.2 Å². The van der Waals surface area contributed by atoms with E-state index in [1.54, 1.807) is 0 Å². The second-order valence-electron chi connectivity index (χ2n) is 3.93. The normalized spacial score (nSPS) is 10.2. The molecule has 0 fully saturated rings. The lowest BCUT2D eigenvalue weighted by Crippen LogP contribution is -2.05. The molecule has 0 saturated carbocycles. The summed E-state index contributed by atoms with van der Waals surface area (Å²) in [6.07, 6.45) is 0. The SMILES string of the molecule is CCOCc1nc(NC)cc(Nc2ccccc2)n1. The van der Waals surface area contributed by atoms with E-state index < -0.39 is 0 Å². The Balaban J connectivity index is 2.19. The quantitative estimate of drug-likeness (QED) is 0.834. The molecule has 100 valence electrons. The molecule has 0 aliphatic rings. The summed E-state index contributed by atoms with van der Waals surface area (Å²) in [5.41, 5.74) is 0.991. The van der Waals surface area contributed by atoms with Gasteiger partial charge in [-0.05, 0) is 19.1 Å². The zero-order valence-corrected chi connectivity index (χ0v) is 11.2. The fraction of sp³-hybridized carbons (Fsp3) is 0.286. The van der Waals surface area contributed by atoms with Crippen LogP contribution in [0.3, 0.4) is 0 Å². The molecular formula is C14H18N4O. The van der Waals surface area contributed by atoms with Crippen LogP contribution < -0.4 is 10.6 Å². The highest BCUT2D eigenvalue weighted by molar-refractivity contribution is 5.58. The standard InChI is InChI=1S/C14H18N4O/c1-3-19-10-14-17-12(15-2)9-13(18-14)16-11-7-5-4-6-8-11/h4-9H,3,10H2,1-2H3,(H2,15,16,17,18). The molecular weight excluding hydrogens is 240 g/mol.